The molecular weight excluding hydrogens is 172 g/mol. The largest absolute Gasteiger partial charge is 0.482 e. The van der Waals surface area contributed by atoms with E-state index in [1.165, 1.54) is 0 Å². The van der Waals surface area contributed by atoms with Gasteiger partial charge in [-0.3, -0.25) is 0 Å². The standard InChI is InChI=1S/C9H8O4/c10-5-7-1-3-8(4-2-7)13-6-9(11)12/h1,3-4H,2,6H2,(H,11,12). The third kappa shape index (κ3) is 2.97. The van der Waals surface area contributed by atoms with Crippen molar-refractivity contribution in [2.75, 3.05) is 6.61 Å². The fraction of sp³-hybridized carbons (Fsp3) is 0.222. The molecule has 1 aliphatic carbocycles. The summed E-state index contributed by atoms with van der Waals surface area (Å²) in [4.78, 5) is 20.3. The molecule has 0 aliphatic heterocycles. The summed E-state index contributed by atoms with van der Waals surface area (Å²) in [5.74, 6) is 1.20. The van der Waals surface area contributed by atoms with Crippen molar-refractivity contribution in [2.24, 2.45) is 0 Å². The number of rotatable bonds is 3. The van der Waals surface area contributed by atoms with Gasteiger partial charge in [-0.2, -0.15) is 0 Å². The summed E-state index contributed by atoms with van der Waals surface area (Å²) in [6.45, 7) is -0.365. The highest BCUT2D eigenvalue weighted by atomic mass is 16.5. The van der Waals surface area contributed by atoms with Crippen LogP contribution >= 0.6 is 0 Å². The highest BCUT2D eigenvalue weighted by molar-refractivity contribution is 5.68. The molecule has 0 aromatic heterocycles. The maximum absolute atomic E-state index is 10.2. The van der Waals surface area contributed by atoms with E-state index in [-0.39, 0.29) is 6.61 Å². The third-order valence-corrected chi connectivity index (χ3v) is 1.47. The second-order valence-electron chi connectivity index (χ2n) is 2.45. The van der Waals surface area contributed by atoms with Crippen molar-refractivity contribution in [1.29, 1.82) is 0 Å². The van der Waals surface area contributed by atoms with Crippen LogP contribution in [0.1, 0.15) is 6.42 Å². The zero-order valence-corrected chi connectivity index (χ0v) is 6.82. The molecule has 0 aromatic carbocycles. The van der Waals surface area contributed by atoms with Crippen LogP contribution in [0.5, 0.6) is 0 Å². The number of carbonyl (C=O) groups is 1. The number of carboxylic acids is 1. The zero-order valence-electron chi connectivity index (χ0n) is 6.82. The summed E-state index contributed by atoms with van der Waals surface area (Å²) in [5, 5.41) is 8.30. The lowest BCUT2D eigenvalue weighted by Crippen LogP contribution is -2.06. The molecule has 1 aliphatic rings. The first-order valence-corrected chi connectivity index (χ1v) is 3.69. The van der Waals surface area contributed by atoms with E-state index in [9.17, 15) is 9.59 Å². The van der Waals surface area contributed by atoms with Gasteiger partial charge < -0.3 is 9.84 Å². The normalized spacial score (nSPS) is 14.8. The Morgan fingerprint density at radius 1 is 1.62 bits per heavy atom. The van der Waals surface area contributed by atoms with Crippen molar-refractivity contribution in [3.05, 3.63) is 29.6 Å². The molecule has 0 saturated heterocycles. The minimum atomic E-state index is -1.02. The fourth-order valence-corrected chi connectivity index (χ4v) is 0.857. The highest BCUT2D eigenvalue weighted by Gasteiger charge is 2.04. The van der Waals surface area contributed by atoms with Gasteiger partial charge >= 0.3 is 5.97 Å². The first kappa shape index (κ1) is 9.29. The SMILES string of the molecule is O=C=C1C=CC(OCC(=O)O)=CC1. The molecule has 68 valence electrons. The van der Waals surface area contributed by atoms with Gasteiger partial charge in [0.1, 0.15) is 11.7 Å². The maximum Gasteiger partial charge on any atom is 0.341 e. The molecule has 0 unspecified atom stereocenters. The Balaban J connectivity index is 2.48. The van der Waals surface area contributed by atoms with E-state index in [0.29, 0.717) is 17.8 Å². The van der Waals surface area contributed by atoms with Gasteiger partial charge in [-0.25, -0.2) is 9.59 Å². The van der Waals surface area contributed by atoms with E-state index in [1.54, 1.807) is 24.2 Å². The molecule has 0 aromatic rings. The van der Waals surface area contributed by atoms with E-state index in [4.69, 9.17) is 9.84 Å². The van der Waals surface area contributed by atoms with Crippen molar-refractivity contribution in [2.45, 2.75) is 6.42 Å². The predicted octanol–water partition coefficient (Wildman–Crippen LogP) is 0.689. The van der Waals surface area contributed by atoms with Gasteiger partial charge in [-0.1, -0.05) is 0 Å². The summed E-state index contributed by atoms with van der Waals surface area (Å²) in [7, 11) is 0. The first-order valence-electron chi connectivity index (χ1n) is 3.69. The van der Waals surface area contributed by atoms with Gasteiger partial charge in [0.25, 0.3) is 0 Å². The Bertz CT molecular complexity index is 319. The van der Waals surface area contributed by atoms with Crippen molar-refractivity contribution in [3.63, 3.8) is 0 Å². The van der Waals surface area contributed by atoms with Crippen molar-refractivity contribution in [1.82, 2.24) is 0 Å². The molecule has 0 radical (unpaired) electrons. The zero-order chi connectivity index (χ0) is 9.68. The molecule has 0 atom stereocenters. The van der Waals surface area contributed by atoms with Gasteiger partial charge in [0, 0.05) is 12.0 Å². The van der Waals surface area contributed by atoms with Crippen LogP contribution in [0, 0.1) is 0 Å². The monoisotopic (exact) mass is 180 g/mol. The molecule has 0 heterocycles. The predicted molar refractivity (Wildman–Crippen MR) is 44.6 cm³/mol. The van der Waals surface area contributed by atoms with Crippen LogP contribution in [-0.4, -0.2) is 23.6 Å². The number of aliphatic carboxylic acids is 1. The lowest BCUT2D eigenvalue weighted by atomic mass is 10.1. The molecule has 4 heteroatoms. The van der Waals surface area contributed by atoms with Crippen LogP contribution in [0.3, 0.4) is 0 Å². The number of allylic oxidation sites excluding steroid dienone is 4. The molecule has 13 heavy (non-hydrogen) atoms. The summed E-state index contributed by atoms with van der Waals surface area (Å²) < 4.78 is 4.87. The summed E-state index contributed by atoms with van der Waals surface area (Å²) >= 11 is 0. The lowest BCUT2D eigenvalue weighted by Gasteiger charge is -2.07. The Morgan fingerprint density at radius 3 is 2.85 bits per heavy atom. The lowest BCUT2D eigenvalue weighted by molar-refractivity contribution is -0.140. The molecule has 0 amide bonds. The van der Waals surface area contributed by atoms with Gasteiger partial charge in [0.15, 0.2) is 6.61 Å². The van der Waals surface area contributed by atoms with Gasteiger partial charge in [-0.05, 0) is 18.2 Å². The van der Waals surface area contributed by atoms with E-state index in [0.717, 1.165) is 0 Å². The number of carboxylic acid groups (broad SMARTS) is 1. The Hall–Kier alpha value is -1.80. The van der Waals surface area contributed by atoms with Crippen molar-refractivity contribution in [3.8, 4) is 0 Å². The summed E-state index contributed by atoms with van der Waals surface area (Å²) in [6.07, 6.45) is 5.19. The van der Waals surface area contributed by atoms with Gasteiger partial charge in [-0.15, -0.1) is 0 Å². The number of hydrogen-bond donors (Lipinski definition) is 1. The minimum Gasteiger partial charge on any atom is -0.482 e. The molecule has 1 N–H and O–H groups in total. The van der Waals surface area contributed by atoms with Crippen LogP contribution in [0.4, 0.5) is 0 Å². The molecule has 0 fully saturated rings. The van der Waals surface area contributed by atoms with Crippen LogP contribution in [0.2, 0.25) is 0 Å². The summed E-state index contributed by atoms with van der Waals surface area (Å²) in [6, 6.07) is 0. The molecular formula is C9H8O4. The number of carbonyl (C=O) groups excluding carboxylic acids is 1. The van der Waals surface area contributed by atoms with E-state index >= 15 is 0 Å². The number of hydrogen-bond acceptors (Lipinski definition) is 3. The van der Waals surface area contributed by atoms with E-state index in [2.05, 4.69) is 0 Å². The van der Waals surface area contributed by atoms with Crippen LogP contribution in [0.25, 0.3) is 0 Å². The van der Waals surface area contributed by atoms with Crippen LogP contribution in [0.15, 0.2) is 29.6 Å². The van der Waals surface area contributed by atoms with Crippen molar-refractivity contribution >= 4 is 11.9 Å². The van der Waals surface area contributed by atoms with Gasteiger partial charge in [0.2, 0.25) is 0 Å². The van der Waals surface area contributed by atoms with Crippen molar-refractivity contribution < 1.29 is 19.4 Å². The average molecular weight is 180 g/mol. The minimum absolute atomic E-state index is 0.365. The Labute approximate surface area is 74.8 Å². The molecule has 0 bridgehead atoms. The fourth-order valence-electron chi connectivity index (χ4n) is 0.857. The topological polar surface area (TPSA) is 63.6 Å². The second kappa shape index (κ2) is 4.28. The Morgan fingerprint density at radius 2 is 2.38 bits per heavy atom. The third-order valence-electron chi connectivity index (χ3n) is 1.47. The smallest absolute Gasteiger partial charge is 0.341 e. The van der Waals surface area contributed by atoms with E-state index < -0.39 is 5.97 Å². The van der Waals surface area contributed by atoms with Crippen LogP contribution < -0.4 is 0 Å². The molecule has 1 rings (SSSR count). The number of ether oxygens (including phenoxy) is 1. The van der Waals surface area contributed by atoms with Crippen LogP contribution in [-0.2, 0) is 14.3 Å². The molecule has 0 spiro atoms. The Kier molecular flexibility index (Phi) is 3.06. The second-order valence-corrected chi connectivity index (χ2v) is 2.45. The highest BCUT2D eigenvalue weighted by Crippen LogP contribution is 2.13. The maximum atomic E-state index is 10.2. The quantitative estimate of drug-likeness (QED) is 0.649. The summed E-state index contributed by atoms with van der Waals surface area (Å²) in [5.41, 5.74) is 0.530. The average Bonchev–Trinajstić information content (AvgIpc) is 2.15. The molecule has 0 saturated carbocycles. The van der Waals surface area contributed by atoms with Gasteiger partial charge in [0.05, 0.1) is 0 Å². The first-order chi connectivity index (χ1) is 6.22. The van der Waals surface area contributed by atoms with E-state index in [1.807, 2.05) is 0 Å². The molecule has 4 nitrogen and oxygen atoms in total.